The molecule has 1 heterocycles. The lowest BCUT2D eigenvalue weighted by Gasteiger charge is -2.06. The van der Waals surface area contributed by atoms with E-state index in [1.165, 1.54) is 35.2 Å². The number of thiophene rings is 1. The lowest BCUT2D eigenvalue weighted by molar-refractivity contribution is -0.121. The van der Waals surface area contributed by atoms with Crippen LogP contribution in [0.3, 0.4) is 0 Å². The van der Waals surface area contributed by atoms with E-state index >= 15 is 0 Å². The van der Waals surface area contributed by atoms with Gasteiger partial charge in [0.1, 0.15) is 5.82 Å². The van der Waals surface area contributed by atoms with Crippen LogP contribution in [0.5, 0.6) is 0 Å². The molecule has 21 heavy (non-hydrogen) atoms. The van der Waals surface area contributed by atoms with Crippen LogP contribution < -0.4 is 10.9 Å². The molecule has 1 aromatic heterocycles. The highest BCUT2D eigenvalue weighted by molar-refractivity contribution is 7.99. The van der Waals surface area contributed by atoms with E-state index in [-0.39, 0.29) is 24.1 Å². The average Bonchev–Trinajstić information content (AvgIpc) is 3.01. The van der Waals surface area contributed by atoms with Gasteiger partial charge < -0.3 is 0 Å². The van der Waals surface area contributed by atoms with Crippen molar-refractivity contribution in [3.8, 4) is 0 Å². The maximum absolute atomic E-state index is 12.7. The summed E-state index contributed by atoms with van der Waals surface area (Å²) in [7, 11) is 0. The first-order valence-corrected chi connectivity index (χ1v) is 8.03. The van der Waals surface area contributed by atoms with Crippen molar-refractivity contribution in [2.24, 2.45) is 0 Å². The zero-order valence-electron chi connectivity index (χ0n) is 11.0. The van der Waals surface area contributed by atoms with E-state index in [1.54, 1.807) is 29.6 Å². The largest absolute Gasteiger partial charge is 0.279 e. The molecule has 2 rings (SSSR count). The SMILES string of the molecule is O=C(CCSc1ccc(F)cc1)NNC(=O)c1cccs1. The van der Waals surface area contributed by atoms with Crippen molar-refractivity contribution >= 4 is 34.9 Å². The summed E-state index contributed by atoms with van der Waals surface area (Å²) in [5.41, 5.74) is 4.72. The number of rotatable bonds is 5. The second kappa shape index (κ2) is 7.80. The maximum atomic E-state index is 12.7. The van der Waals surface area contributed by atoms with Gasteiger partial charge in [-0.25, -0.2) is 4.39 Å². The van der Waals surface area contributed by atoms with Crippen LogP contribution in [0.25, 0.3) is 0 Å². The van der Waals surface area contributed by atoms with Gasteiger partial charge >= 0.3 is 0 Å². The normalized spacial score (nSPS) is 10.1. The van der Waals surface area contributed by atoms with Crippen molar-refractivity contribution in [1.82, 2.24) is 10.9 Å². The van der Waals surface area contributed by atoms with E-state index in [0.29, 0.717) is 10.6 Å². The first-order chi connectivity index (χ1) is 10.1. The second-order valence-electron chi connectivity index (χ2n) is 4.03. The van der Waals surface area contributed by atoms with E-state index in [1.807, 2.05) is 0 Å². The number of carbonyl (C=O) groups is 2. The van der Waals surface area contributed by atoms with Crippen LogP contribution in [0.1, 0.15) is 16.1 Å². The molecular weight excluding hydrogens is 311 g/mol. The predicted octanol–water partition coefficient (Wildman–Crippen LogP) is 2.83. The molecule has 2 aromatic rings. The van der Waals surface area contributed by atoms with E-state index in [4.69, 9.17) is 0 Å². The van der Waals surface area contributed by atoms with Crippen LogP contribution in [0.2, 0.25) is 0 Å². The Morgan fingerprint density at radius 2 is 1.90 bits per heavy atom. The van der Waals surface area contributed by atoms with E-state index in [9.17, 15) is 14.0 Å². The Kier molecular flexibility index (Phi) is 5.77. The summed E-state index contributed by atoms with van der Waals surface area (Å²) in [5.74, 6) is -0.334. The zero-order chi connectivity index (χ0) is 15.1. The Morgan fingerprint density at radius 1 is 1.14 bits per heavy atom. The molecule has 0 fully saturated rings. The van der Waals surface area contributed by atoms with E-state index in [0.717, 1.165) is 4.90 Å². The topological polar surface area (TPSA) is 58.2 Å². The number of hydrogen-bond acceptors (Lipinski definition) is 4. The van der Waals surface area contributed by atoms with Crippen molar-refractivity contribution < 1.29 is 14.0 Å². The Hall–Kier alpha value is -1.86. The Labute approximate surface area is 129 Å². The minimum atomic E-state index is -0.329. The first kappa shape index (κ1) is 15.5. The molecule has 0 spiro atoms. The highest BCUT2D eigenvalue weighted by Gasteiger charge is 2.07. The van der Waals surface area contributed by atoms with Crippen LogP contribution >= 0.6 is 23.1 Å². The van der Waals surface area contributed by atoms with Crippen LogP contribution in [-0.2, 0) is 4.79 Å². The smallest absolute Gasteiger partial charge is 0.273 e. The fourth-order valence-electron chi connectivity index (χ4n) is 1.45. The minimum Gasteiger partial charge on any atom is -0.273 e. The molecule has 110 valence electrons. The molecule has 1 aromatic carbocycles. The van der Waals surface area contributed by atoms with Crippen molar-refractivity contribution in [1.29, 1.82) is 0 Å². The zero-order valence-corrected chi connectivity index (χ0v) is 12.6. The Morgan fingerprint density at radius 3 is 2.57 bits per heavy atom. The third kappa shape index (κ3) is 5.20. The summed E-state index contributed by atoms with van der Waals surface area (Å²) >= 11 is 2.75. The molecule has 0 bridgehead atoms. The third-order valence-corrected chi connectivity index (χ3v) is 4.35. The molecule has 2 N–H and O–H groups in total. The molecule has 0 aliphatic rings. The summed E-state index contributed by atoms with van der Waals surface area (Å²) in [4.78, 5) is 24.6. The van der Waals surface area contributed by atoms with Crippen LogP contribution in [0.15, 0.2) is 46.7 Å². The van der Waals surface area contributed by atoms with Gasteiger partial charge in [0.2, 0.25) is 5.91 Å². The van der Waals surface area contributed by atoms with E-state index in [2.05, 4.69) is 10.9 Å². The van der Waals surface area contributed by atoms with Gasteiger partial charge in [-0.15, -0.1) is 23.1 Å². The molecule has 0 unspecified atom stereocenters. The van der Waals surface area contributed by atoms with Gasteiger partial charge in [0.15, 0.2) is 0 Å². The molecule has 7 heteroatoms. The summed E-state index contributed by atoms with van der Waals surface area (Å²) in [6.45, 7) is 0. The third-order valence-electron chi connectivity index (χ3n) is 2.47. The van der Waals surface area contributed by atoms with Gasteiger partial charge in [-0.2, -0.15) is 0 Å². The molecular formula is C14H13FN2O2S2. The lowest BCUT2D eigenvalue weighted by atomic mass is 10.4. The van der Waals surface area contributed by atoms with Crippen molar-refractivity contribution in [2.75, 3.05) is 5.75 Å². The number of nitrogens with one attached hydrogen (secondary N) is 2. The van der Waals surface area contributed by atoms with Crippen LogP contribution in [0.4, 0.5) is 4.39 Å². The molecule has 2 amide bonds. The number of benzene rings is 1. The van der Waals surface area contributed by atoms with Crippen molar-refractivity contribution in [3.63, 3.8) is 0 Å². The minimum absolute atomic E-state index is 0.257. The molecule has 4 nitrogen and oxygen atoms in total. The van der Waals surface area contributed by atoms with Gasteiger partial charge in [-0.05, 0) is 35.7 Å². The number of amides is 2. The lowest BCUT2D eigenvalue weighted by Crippen LogP contribution is -2.41. The van der Waals surface area contributed by atoms with Gasteiger partial charge in [0, 0.05) is 17.1 Å². The van der Waals surface area contributed by atoms with Gasteiger partial charge in [0.05, 0.1) is 4.88 Å². The Balaban J connectivity index is 1.66. The molecule has 0 aliphatic carbocycles. The number of halogens is 1. The quantitative estimate of drug-likeness (QED) is 0.657. The van der Waals surface area contributed by atoms with Gasteiger partial charge in [-0.3, -0.25) is 20.4 Å². The Bertz CT molecular complexity index is 600. The molecule has 0 radical (unpaired) electrons. The summed E-state index contributed by atoms with van der Waals surface area (Å²) < 4.78 is 12.7. The van der Waals surface area contributed by atoms with Crippen LogP contribution in [0, 0.1) is 5.82 Å². The number of thioether (sulfide) groups is 1. The van der Waals surface area contributed by atoms with Crippen molar-refractivity contribution in [3.05, 3.63) is 52.5 Å². The summed E-state index contributed by atoms with van der Waals surface area (Å²) in [6, 6.07) is 9.53. The van der Waals surface area contributed by atoms with E-state index < -0.39 is 0 Å². The van der Waals surface area contributed by atoms with Crippen LogP contribution in [-0.4, -0.2) is 17.6 Å². The van der Waals surface area contributed by atoms with Crippen molar-refractivity contribution in [2.45, 2.75) is 11.3 Å². The standard InChI is InChI=1S/C14H13FN2O2S2/c15-10-3-5-11(6-4-10)20-9-7-13(18)16-17-14(19)12-2-1-8-21-12/h1-6,8H,7,9H2,(H,16,18)(H,17,19). The molecule has 0 atom stereocenters. The number of hydrogen-bond donors (Lipinski definition) is 2. The second-order valence-corrected chi connectivity index (χ2v) is 6.15. The van der Waals surface area contributed by atoms with Gasteiger partial charge in [0.25, 0.3) is 5.91 Å². The first-order valence-electron chi connectivity index (χ1n) is 6.16. The van der Waals surface area contributed by atoms with Gasteiger partial charge in [-0.1, -0.05) is 6.07 Å². The fourth-order valence-corrected chi connectivity index (χ4v) is 2.92. The molecule has 0 saturated carbocycles. The molecule has 0 saturated heterocycles. The summed E-state index contributed by atoms with van der Waals surface area (Å²) in [5, 5.41) is 1.79. The number of hydrazine groups is 1. The monoisotopic (exact) mass is 324 g/mol. The highest BCUT2D eigenvalue weighted by Crippen LogP contribution is 2.18. The summed E-state index contributed by atoms with van der Waals surface area (Å²) in [6.07, 6.45) is 0.257. The average molecular weight is 324 g/mol. The predicted molar refractivity (Wildman–Crippen MR) is 81.7 cm³/mol. The fraction of sp³-hybridized carbons (Fsp3) is 0.143. The number of carbonyl (C=O) groups excluding carboxylic acids is 2. The maximum Gasteiger partial charge on any atom is 0.279 e. The highest BCUT2D eigenvalue weighted by atomic mass is 32.2. The molecule has 0 aliphatic heterocycles.